The van der Waals surface area contributed by atoms with Gasteiger partial charge in [0.15, 0.2) is 0 Å². The molecule has 0 aliphatic heterocycles. The van der Waals surface area contributed by atoms with Gasteiger partial charge >= 0.3 is 0 Å². The zero-order chi connectivity index (χ0) is 10.9. The van der Waals surface area contributed by atoms with Gasteiger partial charge in [0.05, 0.1) is 12.1 Å². The van der Waals surface area contributed by atoms with Crippen molar-refractivity contribution >= 4 is 5.91 Å². The summed E-state index contributed by atoms with van der Waals surface area (Å²) in [7, 11) is 0. The van der Waals surface area contributed by atoms with Crippen LogP contribution in [0.25, 0.3) is 0 Å². The third kappa shape index (κ3) is 1.91. The molecule has 0 bridgehead atoms. The molecule has 1 saturated carbocycles. The predicted octanol–water partition coefficient (Wildman–Crippen LogP) is -0.000700. The fourth-order valence-electron chi connectivity index (χ4n) is 1.83. The number of nitrogens with two attached hydrogens (primary N) is 1. The Kier molecular flexibility index (Phi) is 3.17. The van der Waals surface area contributed by atoms with Crippen molar-refractivity contribution in [1.29, 1.82) is 0 Å². The Morgan fingerprint density at radius 2 is 2.29 bits per heavy atom. The Hall–Kier alpha value is -0.610. The average molecular weight is 200 g/mol. The van der Waals surface area contributed by atoms with E-state index < -0.39 is 0 Å². The van der Waals surface area contributed by atoms with E-state index in [4.69, 9.17) is 5.73 Å². The molecule has 82 valence electrons. The predicted molar refractivity (Wildman–Crippen MR) is 54.6 cm³/mol. The fourth-order valence-corrected chi connectivity index (χ4v) is 1.83. The molecule has 1 fully saturated rings. The average Bonchev–Trinajstić information content (AvgIpc) is 2.11. The highest BCUT2D eigenvalue weighted by atomic mass is 16.3. The van der Waals surface area contributed by atoms with Gasteiger partial charge in [0.2, 0.25) is 5.91 Å². The van der Waals surface area contributed by atoms with E-state index in [0.29, 0.717) is 12.8 Å². The smallest absolute Gasteiger partial charge is 0.234 e. The summed E-state index contributed by atoms with van der Waals surface area (Å²) in [6, 6.07) is -0.0817. The van der Waals surface area contributed by atoms with E-state index in [1.54, 1.807) is 0 Å². The molecule has 4 N–H and O–H groups in total. The van der Waals surface area contributed by atoms with Crippen molar-refractivity contribution in [2.24, 2.45) is 11.1 Å². The van der Waals surface area contributed by atoms with Gasteiger partial charge < -0.3 is 16.2 Å². The zero-order valence-corrected chi connectivity index (χ0v) is 9.08. The Morgan fingerprint density at radius 1 is 1.71 bits per heavy atom. The van der Waals surface area contributed by atoms with E-state index in [2.05, 4.69) is 5.32 Å². The molecule has 4 heteroatoms. The van der Waals surface area contributed by atoms with Crippen LogP contribution in [0.3, 0.4) is 0 Å². The number of carbonyl (C=O) groups is 1. The molecule has 3 atom stereocenters. The molecule has 1 aliphatic rings. The van der Waals surface area contributed by atoms with E-state index in [9.17, 15) is 9.90 Å². The number of aliphatic hydroxyl groups excluding tert-OH is 1. The van der Waals surface area contributed by atoms with Crippen molar-refractivity contribution in [2.75, 3.05) is 0 Å². The second-order valence-corrected chi connectivity index (χ2v) is 4.66. The molecule has 4 nitrogen and oxygen atoms in total. The summed E-state index contributed by atoms with van der Waals surface area (Å²) in [5, 5.41) is 12.7. The van der Waals surface area contributed by atoms with Crippen molar-refractivity contribution in [3.8, 4) is 0 Å². The molecule has 1 amide bonds. The number of hydrogen-bond donors (Lipinski definition) is 3. The first-order chi connectivity index (χ1) is 6.39. The van der Waals surface area contributed by atoms with Crippen molar-refractivity contribution in [3.05, 3.63) is 0 Å². The van der Waals surface area contributed by atoms with Gasteiger partial charge in [-0.25, -0.2) is 0 Å². The lowest BCUT2D eigenvalue weighted by Crippen LogP contribution is -2.63. The molecular weight excluding hydrogens is 180 g/mol. The minimum Gasteiger partial charge on any atom is -0.392 e. The van der Waals surface area contributed by atoms with Crippen LogP contribution in [0.4, 0.5) is 0 Å². The lowest BCUT2D eigenvalue weighted by Gasteiger charge is -2.50. The zero-order valence-electron chi connectivity index (χ0n) is 9.08. The molecule has 1 aliphatic carbocycles. The van der Waals surface area contributed by atoms with Crippen LogP contribution in [0.1, 0.15) is 33.6 Å². The molecule has 1 rings (SSSR count). The summed E-state index contributed by atoms with van der Waals surface area (Å²) in [6.07, 6.45) is 1.12. The van der Waals surface area contributed by atoms with E-state index in [1.807, 2.05) is 20.8 Å². The van der Waals surface area contributed by atoms with Gasteiger partial charge in [-0.1, -0.05) is 20.8 Å². The molecule has 0 aromatic rings. The maximum Gasteiger partial charge on any atom is 0.234 e. The van der Waals surface area contributed by atoms with E-state index in [-0.39, 0.29) is 29.5 Å². The summed E-state index contributed by atoms with van der Waals surface area (Å²) in [5.74, 6) is -0.315. The number of aliphatic hydroxyl groups is 1. The first-order valence-corrected chi connectivity index (χ1v) is 5.13. The Morgan fingerprint density at radius 3 is 2.57 bits per heavy atom. The molecule has 0 radical (unpaired) electrons. The largest absolute Gasteiger partial charge is 0.392 e. The summed E-state index contributed by atoms with van der Waals surface area (Å²) in [5.41, 5.74) is 5.08. The van der Waals surface area contributed by atoms with E-state index in [1.165, 1.54) is 0 Å². The van der Waals surface area contributed by atoms with Crippen LogP contribution in [-0.2, 0) is 4.79 Å². The Labute approximate surface area is 84.9 Å². The summed E-state index contributed by atoms with van der Waals surface area (Å²) < 4.78 is 0. The molecule has 3 unspecified atom stereocenters. The number of primary amides is 1. The second kappa shape index (κ2) is 3.87. The van der Waals surface area contributed by atoms with Gasteiger partial charge in [-0.3, -0.25) is 4.79 Å². The topological polar surface area (TPSA) is 75.3 Å². The third-order valence-electron chi connectivity index (χ3n) is 3.37. The van der Waals surface area contributed by atoms with Crippen LogP contribution < -0.4 is 11.1 Å². The third-order valence-corrected chi connectivity index (χ3v) is 3.37. The van der Waals surface area contributed by atoms with Gasteiger partial charge in [0, 0.05) is 11.5 Å². The number of carbonyl (C=O) groups excluding carboxylic acids is 1. The molecule has 14 heavy (non-hydrogen) atoms. The van der Waals surface area contributed by atoms with Crippen molar-refractivity contribution < 1.29 is 9.90 Å². The maximum atomic E-state index is 11.0. The molecular formula is C10H20N2O2. The summed E-state index contributed by atoms with van der Waals surface area (Å²) in [4.78, 5) is 11.0. The monoisotopic (exact) mass is 200 g/mol. The van der Waals surface area contributed by atoms with Crippen LogP contribution in [0.2, 0.25) is 0 Å². The van der Waals surface area contributed by atoms with Crippen molar-refractivity contribution in [2.45, 2.75) is 51.8 Å². The van der Waals surface area contributed by atoms with Gasteiger partial charge in [-0.15, -0.1) is 0 Å². The highest BCUT2D eigenvalue weighted by Crippen LogP contribution is 2.40. The normalized spacial score (nSPS) is 32.0. The van der Waals surface area contributed by atoms with E-state index >= 15 is 0 Å². The minimum atomic E-state index is -0.315. The first kappa shape index (κ1) is 11.5. The van der Waals surface area contributed by atoms with Crippen LogP contribution in [0, 0.1) is 5.41 Å². The standard InChI is InChI=1S/C10H20N2O2/c1-4-6(9(11)14)12-7-5-8(13)10(7,2)3/h6-8,12-13H,4-5H2,1-3H3,(H2,11,14). The van der Waals surface area contributed by atoms with Gasteiger partial charge in [0.25, 0.3) is 0 Å². The highest BCUT2D eigenvalue weighted by molar-refractivity contribution is 5.79. The maximum absolute atomic E-state index is 11.0. The molecule has 0 saturated heterocycles. The first-order valence-electron chi connectivity index (χ1n) is 5.13. The molecule has 0 spiro atoms. The number of hydrogen-bond acceptors (Lipinski definition) is 3. The van der Waals surface area contributed by atoms with Crippen LogP contribution in [0.15, 0.2) is 0 Å². The quantitative estimate of drug-likeness (QED) is 0.598. The number of rotatable bonds is 4. The SMILES string of the molecule is CCC(NC1CC(O)C1(C)C)C(N)=O. The minimum absolute atomic E-state index is 0.150. The van der Waals surface area contributed by atoms with Gasteiger partial charge in [-0.2, -0.15) is 0 Å². The van der Waals surface area contributed by atoms with Crippen LogP contribution in [0.5, 0.6) is 0 Å². The second-order valence-electron chi connectivity index (χ2n) is 4.66. The van der Waals surface area contributed by atoms with Crippen LogP contribution >= 0.6 is 0 Å². The number of nitrogens with one attached hydrogen (secondary N) is 1. The Bertz CT molecular complexity index is 228. The molecule has 0 aromatic carbocycles. The number of amides is 1. The fraction of sp³-hybridized carbons (Fsp3) is 0.900. The Balaban J connectivity index is 2.50. The van der Waals surface area contributed by atoms with Crippen molar-refractivity contribution in [3.63, 3.8) is 0 Å². The molecule has 0 aromatic heterocycles. The lowest BCUT2D eigenvalue weighted by molar-refractivity contribution is -0.123. The highest BCUT2D eigenvalue weighted by Gasteiger charge is 2.47. The van der Waals surface area contributed by atoms with Gasteiger partial charge in [0.1, 0.15) is 0 Å². The van der Waals surface area contributed by atoms with Crippen molar-refractivity contribution in [1.82, 2.24) is 5.32 Å². The van der Waals surface area contributed by atoms with E-state index in [0.717, 1.165) is 0 Å². The van der Waals surface area contributed by atoms with Crippen LogP contribution in [-0.4, -0.2) is 29.2 Å². The summed E-state index contributed by atoms with van der Waals surface area (Å²) in [6.45, 7) is 5.91. The molecule has 0 heterocycles. The summed E-state index contributed by atoms with van der Waals surface area (Å²) >= 11 is 0. The van der Waals surface area contributed by atoms with Gasteiger partial charge in [-0.05, 0) is 12.8 Å². The lowest BCUT2D eigenvalue weighted by atomic mass is 9.64.